The van der Waals surface area contributed by atoms with E-state index in [1.807, 2.05) is 19.9 Å². The molecular formula is C14H18N2O3S. The molecule has 108 valence electrons. The second-order valence-electron chi connectivity index (χ2n) is 5.14. The molecule has 1 aromatic carbocycles. The molecule has 0 saturated carbocycles. The number of H-pyrrole nitrogens is 1. The first kappa shape index (κ1) is 14.6. The molecular weight excluding hydrogens is 276 g/mol. The summed E-state index contributed by atoms with van der Waals surface area (Å²) in [4.78, 5) is 11.7. The Labute approximate surface area is 118 Å². The molecule has 6 heteroatoms. The number of aromatic amines is 1. The van der Waals surface area contributed by atoms with E-state index in [2.05, 4.69) is 5.10 Å². The Morgan fingerprint density at radius 3 is 2.20 bits per heavy atom. The normalized spacial score (nSPS) is 11.8. The van der Waals surface area contributed by atoms with E-state index in [4.69, 9.17) is 0 Å². The van der Waals surface area contributed by atoms with Crippen LogP contribution < -0.4 is 5.56 Å². The highest BCUT2D eigenvalue weighted by molar-refractivity contribution is 7.90. The molecule has 0 spiro atoms. The molecule has 2 aromatic rings. The van der Waals surface area contributed by atoms with Crippen LogP contribution in [0.25, 0.3) is 0 Å². The zero-order valence-electron chi connectivity index (χ0n) is 12.0. The standard InChI is InChI=1S/C14H18N2O3S/c1-9-5-11(3)13(6-10(9)2)20(18,19)8-12-7-14(17)16(4)15-12/h5-7,15H,8H2,1-4H3. The molecule has 0 aliphatic rings. The highest BCUT2D eigenvalue weighted by atomic mass is 32.2. The van der Waals surface area contributed by atoms with Gasteiger partial charge in [0.25, 0.3) is 5.56 Å². The smallest absolute Gasteiger partial charge is 0.266 e. The zero-order chi connectivity index (χ0) is 15.1. The molecule has 0 amide bonds. The van der Waals surface area contributed by atoms with Gasteiger partial charge in [-0.3, -0.25) is 14.6 Å². The van der Waals surface area contributed by atoms with Gasteiger partial charge in [0.1, 0.15) is 0 Å². The van der Waals surface area contributed by atoms with Gasteiger partial charge in [0, 0.05) is 13.1 Å². The molecule has 0 radical (unpaired) electrons. The van der Waals surface area contributed by atoms with E-state index in [-0.39, 0.29) is 11.3 Å². The van der Waals surface area contributed by atoms with E-state index in [9.17, 15) is 13.2 Å². The Bertz CT molecular complexity index is 813. The van der Waals surface area contributed by atoms with E-state index in [1.54, 1.807) is 20.0 Å². The van der Waals surface area contributed by atoms with Gasteiger partial charge < -0.3 is 0 Å². The van der Waals surface area contributed by atoms with E-state index < -0.39 is 9.84 Å². The average Bonchev–Trinajstić information content (AvgIpc) is 2.61. The lowest BCUT2D eigenvalue weighted by Crippen LogP contribution is -2.10. The summed E-state index contributed by atoms with van der Waals surface area (Å²) in [5.41, 5.74) is 2.89. The quantitative estimate of drug-likeness (QED) is 0.935. The van der Waals surface area contributed by atoms with Crippen LogP contribution in [0.15, 0.2) is 27.9 Å². The molecule has 0 fully saturated rings. The Balaban J connectivity index is 2.45. The summed E-state index contributed by atoms with van der Waals surface area (Å²) in [6, 6.07) is 4.88. The van der Waals surface area contributed by atoms with Crippen LogP contribution in [0.5, 0.6) is 0 Å². The summed E-state index contributed by atoms with van der Waals surface area (Å²) in [6.07, 6.45) is 0. The fraction of sp³-hybridized carbons (Fsp3) is 0.357. The third kappa shape index (κ3) is 2.70. The third-order valence-corrected chi connectivity index (χ3v) is 5.21. The number of aryl methyl sites for hydroxylation is 4. The summed E-state index contributed by atoms with van der Waals surface area (Å²) < 4.78 is 26.2. The molecule has 0 atom stereocenters. The number of benzene rings is 1. The van der Waals surface area contributed by atoms with Gasteiger partial charge in [0.2, 0.25) is 0 Å². The number of aromatic nitrogens is 2. The van der Waals surface area contributed by atoms with Gasteiger partial charge in [0.05, 0.1) is 16.3 Å². The molecule has 1 N–H and O–H groups in total. The number of nitrogens with zero attached hydrogens (tertiary/aromatic N) is 1. The molecule has 0 bridgehead atoms. The van der Waals surface area contributed by atoms with Crippen molar-refractivity contribution in [3.63, 3.8) is 0 Å². The fourth-order valence-electron chi connectivity index (χ4n) is 2.17. The predicted octanol–water partition coefficient (Wildman–Crippen LogP) is 1.61. The molecule has 20 heavy (non-hydrogen) atoms. The van der Waals surface area contributed by atoms with Crippen LogP contribution in [-0.2, 0) is 22.6 Å². The first-order chi connectivity index (χ1) is 9.20. The predicted molar refractivity (Wildman–Crippen MR) is 77.6 cm³/mol. The highest BCUT2D eigenvalue weighted by Gasteiger charge is 2.20. The van der Waals surface area contributed by atoms with Crippen molar-refractivity contribution in [3.8, 4) is 0 Å². The first-order valence-electron chi connectivity index (χ1n) is 6.26. The van der Waals surface area contributed by atoms with Crippen LogP contribution >= 0.6 is 0 Å². The summed E-state index contributed by atoms with van der Waals surface area (Å²) in [7, 11) is -1.91. The molecule has 1 aromatic heterocycles. The molecule has 0 unspecified atom stereocenters. The number of nitrogens with one attached hydrogen (secondary N) is 1. The topological polar surface area (TPSA) is 71.9 Å². The van der Waals surface area contributed by atoms with Gasteiger partial charge in [-0.1, -0.05) is 6.07 Å². The average molecular weight is 294 g/mol. The lowest BCUT2D eigenvalue weighted by atomic mass is 10.1. The van der Waals surface area contributed by atoms with Crippen LogP contribution in [-0.4, -0.2) is 18.2 Å². The first-order valence-corrected chi connectivity index (χ1v) is 7.91. The third-order valence-electron chi connectivity index (χ3n) is 3.41. The lowest BCUT2D eigenvalue weighted by molar-refractivity contribution is 0.593. The van der Waals surface area contributed by atoms with Crippen molar-refractivity contribution in [2.75, 3.05) is 0 Å². The summed E-state index contributed by atoms with van der Waals surface area (Å²) in [5, 5.41) is 2.74. The fourth-order valence-corrected chi connectivity index (χ4v) is 3.79. The molecule has 2 rings (SSSR count). The highest BCUT2D eigenvalue weighted by Crippen LogP contribution is 2.22. The van der Waals surface area contributed by atoms with Crippen molar-refractivity contribution in [2.24, 2.45) is 7.05 Å². The maximum atomic E-state index is 12.5. The zero-order valence-corrected chi connectivity index (χ0v) is 12.8. The largest absolute Gasteiger partial charge is 0.299 e. The van der Waals surface area contributed by atoms with Crippen LogP contribution in [0.2, 0.25) is 0 Å². The summed E-state index contributed by atoms with van der Waals surface area (Å²) in [6.45, 7) is 5.62. The van der Waals surface area contributed by atoms with E-state index in [0.717, 1.165) is 16.7 Å². The maximum absolute atomic E-state index is 12.5. The van der Waals surface area contributed by atoms with Crippen LogP contribution in [0, 0.1) is 20.8 Å². The second-order valence-corrected chi connectivity index (χ2v) is 7.10. The molecule has 0 saturated heterocycles. The summed E-state index contributed by atoms with van der Waals surface area (Å²) in [5.74, 6) is -0.202. The minimum atomic E-state index is -3.47. The molecule has 0 aliphatic carbocycles. The van der Waals surface area contributed by atoms with Crippen molar-refractivity contribution in [1.82, 2.24) is 9.78 Å². The van der Waals surface area contributed by atoms with Crippen LogP contribution in [0.4, 0.5) is 0 Å². The molecule has 5 nitrogen and oxygen atoms in total. The van der Waals surface area contributed by atoms with Gasteiger partial charge >= 0.3 is 0 Å². The van der Waals surface area contributed by atoms with Crippen LogP contribution in [0.3, 0.4) is 0 Å². The number of rotatable bonds is 3. The monoisotopic (exact) mass is 294 g/mol. The maximum Gasteiger partial charge on any atom is 0.266 e. The van der Waals surface area contributed by atoms with E-state index in [1.165, 1.54) is 10.7 Å². The second kappa shape index (κ2) is 4.94. The van der Waals surface area contributed by atoms with E-state index >= 15 is 0 Å². The van der Waals surface area contributed by atoms with E-state index in [0.29, 0.717) is 10.6 Å². The lowest BCUT2D eigenvalue weighted by Gasteiger charge is -2.10. The number of hydrogen-bond acceptors (Lipinski definition) is 3. The Kier molecular flexibility index (Phi) is 3.60. The number of sulfone groups is 1. The Morgan fingerprint density at radius 2 is 1.65 bits per heavy atom. The molecule has 1 heterocycles. The SMILES string of the molecule is Cc1cc(C)c(S(=O)(=O)Cc2cc(=O)n(C)[nH]2)cc1C. The van der Waals surface area contributed by atoms with Crippen molar-refractivity contribution < 1.29 is 8.42 Å². The van der Waals surface area contributed by atoms with Crippen molar-refractivity contribution in [2.45, 2.75) is 31.4 Å². The minimum Gasteiger partial charge on any atom is -0.299 e. The van der Waals surface area contributed by atoms with Gasteiger partial charge in [-0.2, -0.15) is 0 Å². The Morgan fingerprint density at radius 1 is 1.05 bits per heavy atom. The minimum absolute atomic E-state index is 0.202. The summed E-state index contributed by atoms with van der Waals surface area (Å²) >= 11 is 0. The van der Waals surface area contributed by atoms with Gasteiger partial charge in [-0.05, 0) is 43.5 Å². The van der Waals surface area contributed by atoms with Crippen molar-refractivity contribution in [1.29, 1.82) is 0 Å². The Hall–Kier alpha value is -1.82. The van der Waals surface area contributed by atoms with Crippen molar-refractivity contribution >= 4 is 9.84 Å². The van der Waals surface area contributed by atoms with Gasteiger partial charge in [-0.25, -0.2) is 8.42 Å². The van der Waals surface area contributed by atoms with Crippen molar-refractivity contribution in [3.05, 3.63) is 50.9 Å². The van der Waals surface area contributed by atoms with Gasteiger partial charge in [-0.15, -0.1) is 0 Å². The van der Waals surface area contributed by atoms with Gasteiger partial charge in [0.15, 0.2) is 9.84 Å². The molecule has 0 aliphatic heterocycles. The van der Waals surface area contributed by atoms with Crippen LogP contribution in [0.1, 0.15) is 22.4 Å². The number of hydrogen-bond donors (Lipinski definition) is 1.